The number of aromatic nitrogens is 2. The third-order valence-electron chi connectivity index (χ3n) is 11.8. The average Bonchev–Trinajstić information content (AvgIpc) is 3.66. The second kappa shape index (κ2) is 20.5. The highest BCUT2D eigenvalue weighted by atomic mass is 35.5. The average molecular weight is 937 g/mol. The third kappa shape index (κ3) is 9.94. The number of benzene rings is 4. The van der Waals surface area contributed by atoms with Crippen molar-refractivity contribution in [1.29, 1.82) is 0 Å². The number of ketones is 2. The van der Waals surface area contributed by atoms with Gasteiger partial charge in [0.2, 0.25) is 23.3 Å². The first kappa shape index (κ1) is 49.1. The first-order chi connectivity index (χ1) is 32.0. The van der Waals surface area contributed by atoms with Gasteiger partial charge in [-0.3, -0.25) is 34.0 Å². The van der Waals surface area contributed by atoms with Gasteiger partial charge >= 0.3 is 0 Å². The molecule has 6 aromatic rings. The number of hydrogen-bond donors (Lipinski definition) is 1. The minimum absolute atomic E-state index is 0.000278. The first-order valence-electron chi connectivity index (χ1n) is 20.9. The second-order valence-electron chi connectivity index (χ2n) is 16.3. The zero-order valence-corrected chi connectivity index (χ0v) is 39.8. The number of fused-ring (bicyclic) bond motifs is 2. The van der Waals surface area contributed by atoms with Crippen molar-refractivity contribution in [2.24, 2.45) is 0 Å². The molecule has 0 unspecified atom stereocenters. The van der Waals surface area contributed by atoms with Gasteiger partial charge in [-0.2, -0.15) is 0 Å². The van der Waals surface area contributed by atoms with Crippen LogP contribution in [0.3, 0.4) is 0 Å². The molecule has 2 fully saturated rings. The van der Waals surface area contributed by atoms with Gasteiger partial charge in [-0.1, -0.05) is 0 Å². The van der Waals surface area contributed by atoms with E-state index in [1.54, 1.807) is 94.9 Å². The van der Waals surface area contributed by atoms with Gasteiger partial charge in [0.25, 0.3) is 0 Å². The van der Waals surface area contributed by atoms with E-state index >= 15 is 0 Å². The molecule has 2 aliphatic rings. The largest absolute Gasteiger partial charge is 0.507 e. The molecule has 2 aromatic heterocycles. The number of methoxy groups -OCH3 is 6. The fourth-order valence-corrected chi connectivity index (χ4v) is 8.10. The summed E-state index contributed by atoms with van der Waals surface area (Å²) in [6, 6.07) is 22.2. The van der Waals surface area contributed by atoms with Gasteiger partial charge in [0.05, 0.1) is 83.6 Å². The number of ether oxygens (including phenoxy) is 7. The maximum absolute atomic E-state index is 12.3. The number of amides is 2. The van der Waals surface area contributed by atoms with E-state index in [-0.39, 0.29) is 54.7 Å². The van der Waals surface area contributed by atoms with E-state index in [0.717, 1.165) is 38.7 Å². The lowest BCUT2D eigenvalue weighted by Crippen LogP contribution is -2.46. The number of Topliss-reactive ketones (excluding diaryl/α,β-unsaturated/α-hetero) is 2. The Kier molecular flexibility index (Phi) is 15.0. The highest BCUT2D eigenvalue weighted by Crippen LogP contribution is 2.44. The minimum atomic E-state index is -0.903. The molecule has 8 rings (SSSR count). The summed E-state index contributed by atoms with van der Waals surface area (Å²) in [6.07, 6.45) is 3.29. The van der Waals surface area contributed by atoms with Crippen LogP contribution in [0.1, 0.15) is 40.5 Å². The molecule has 0 bridgehead atoms. The minimum Gasteiger partial charge on any atom is -0.507 e. The number of carbonyl (C=O) groups excluding carboxylic acids is 4. The van der Waals surface area contributed by atoms with Crippen molar-refractivity contribution in [3.63, 3.8) is 0 Å². The molecule has 0 spiro atoms. The third-order valence-corrected chi connectivity index (χ3v) is 12.0. The lowest BCUT2D eigenvalue weighted by Gasteiger charge is -2.30. The quantitative estimate of drug-likeness (QED) is 0.0703. The van der Waals surface area contributed by atoms with Crippen LogP contribution >= 0.6 is 11.6 Å². The standard InChI is InChI=1S/C25H26N2O6.C18H17NO4.C7H10ClNO2/c1-25(2)22(28)13-23(29)27(25)14-33-19-10-15(9-18-17(19)7-6-8-26-18)16-11-20(30-3)24(32-5)21(12-16)31-4;1-21-16-9-12(10-17(22-2)18(16)23-3)11-7-14-13(15(20)8-11)5-4-6-19-14;1-7(2)5(10)3-6(11)9(7)4-8/h6-12H,13-14H2,1-5H3;4-10,20H,1-3H3;3-4H2,1-2H3. The van der Waals surface area contributed by atoms with E-state index in [0.29, 0.717) is 45.6 Å². The van der Waals surface area contributed by atoms with E-state index < -0.39 is 11.1 Å². The van der Waals surface area contributed by atoms with E-state index in [2.05, 4.69) is 9.97 Å². The molecule has 2 aliphatic heterocycles. The fraction of sp³-hybridized carbons (Fsp3) is 0.320. The molecule has 17 heteroatoms. The van der Waals surface area contributed by atoms with Crippen molar-refractivity contribution >= 4 is 56.8 Å². The molecule has 352 valence electrons. The molecule has 2 amide bonds. The summed E-state index contributed by atoms with van der Waals surface area (Å²) in [5.74, 6) is 3.34. The van der Waals surface area contributed by atoms with Crippen LogP contribution in [0, 0.1) is 0 Å². The predicted molar refractivity (Wildman–Crippen MR) is 253 cm³/mol. The smallest absolute Gasteiger partial charge is 0.233 e. The number of alkyl halides is 1. The number of rotatable bonds is 12. The number of likely N-dealkylation sites (tertiary alicyclic amines) is 2. The Morgan fingerprint density at radius 2 is 0.940 bits per heavy atom. The Balaban J connectivity index is 0.000000188. The number of carbonyl (C=O) groups is 4. The SMILES string of the molecule is CC1(C)C(=O)CC(=O)N1CCl.COc1cc(-c2cc(O)c3cccnc3c2)cc(OC)c1OC.COc1cc(-c2cc(OCN3C(=O)CC(=O)C3(C)C)c3cccnc3c2)cc(OC)c1OC. The van der Waals surface area contributed by atoms with Gasteiger partial charge in [0, 0.05) is 23.2 Å². The molecule has 67 heavy (non-hydrogen) atoms. The zero-order valence-electron chi connectivity index (χ0n) is 39.0. The van der Waals surface area contributed by atoms with E-state index in [1.165, 1.54) is 9.80 Å². The Hall–Kier alpha value is -7.33. The summed E-state index contributed by atoms with van der Waals surface area (Å²) >= 11 is 5.51. The molecular weight excluding hydrogens is 884 g/mol. The van der Waals surface area contributed by atoms with Crippen LogP contribution in [0.25, 0.3) is 44.1 Å². The van der Waals surface area contributed by atoms with E-state index in [9.17, 15) is 24.3 Å². The monoisotopic (exact) mass is 936 g/mol. The maximum atomic E-state index is 12.3. The van der Waals surface area contributed by atoms with Crippen LogP contribution < -0.4 is 33.2 Å². The molecule has 2 saturated heterocycles. The van der Waals surface area contributed by atoms with Gasteiger partial charge in [-0.05, 0) is 123 Å². The van der Waals surface area contributed by atoms with Crippen LogP contribution in [0.15, 0.2) is 85.2 Å². The Labute approximate surface area is 393 Å². The predicted octanol–water partition coefficient (Wildman–Crippen LogP) is 8.24. The van der Waals surface area contributed by atoms with Gasteiger partial charge in [0.15, 0.2) is 41.3 Å². The van der Waals surface area contributed by atoms with Gasteiger partial charge in [-0.15, -0.1) is 11.6 Å². The highest BCUT2D eigenvalue weighted by Gasteiger charge is 2.46. The molecule has 16 nitrogen and oxygen atoms in total. The van der Waals surface area contributed by atoms with Crippen molar-refractivity contribution in [3.8, 4) is 68.2 Å². The fourth-order valence-electron chi connectivity index (χ4n) is 7.67. The molecule has 4 heterocycles. The van der Waals surface area contributed by atoms with Crippen molar-refractivity contribution in [1.82, 2.24) is 19.8 Å². The van der Waals surface area contributed by atoms with Crippen LogP contribution in [0.4, 0.5) is 0 Å². The summed E-state index contributed by atoms with van der Waals surface area (Å²) in [4.78, 5) is 58.4. The normalized spacial score (nSPS) is 14.9. The van der Waals surface area contributed by atoms with E-state index in [1.807, 2.05) is 60.7 Å². The number of halogens is 1. The van der Waals surface area contributed by atoms with Crippen molar-refractivity contribution in [3.05, 3.63) is 85.2 Å². The van der Waals surface area contributed by atoms with Crippen molar-refractivity contribution in [2.45, 2.75) is 51.6 Å². The molecule has 4 aromatic carbocycles. The number of aromatic hydroxyl groups is 1. The highest BCUT2D eigenvalue weighted by molar-refractivity contribution is 6.20. The molecule has 0 atom stereocenters. The summed E-state index contributed by atoms with van der Waals surface area (Å²) < 4.78 is 38.6. The molecule has 0 saturated carbocycles. The summed E-state index contributed by atoms with van der Waals surface area (Å²) in [6.45, 7) is 6.84. The van der Waals surface area contributed by atoms with Crippen LogP contribution in [-0.4, -0.2) is 115 Å². The van der Waals surface area contributed by atoms with Crippen molar-refractivity contribution in [2.75, 3.05) is 55.4 Å². The topological polar surface area (TPSA) is 185 Å². The zero-order chi connectivity index (χ0) is 48.8. The van der Waals surface area contributed by atoms with E-state index in [4.69, 9.17) is 44.8 Å². The van der Waals surface area contributed by atoms with Crippen LogP contribution in [0.5, 0.6) is 46.0 Å². The number of phenolic OH excluding ortho intramolecular Hbond substituents is 1. The lowest BCUT2D eigenvalue weighted by molar-refractivity contribution is -0.135. The summed E-state index contributed by atoms with van der Waals surface area (Å²) in [5.41, 5.74) is 3.12. The van der Waals surface area contributed by atoms with Crippen LogP contribution in [0.2, 0.25) is 0 Å². The Bertz CT molecular complexity index is 2800. The number of pyridine rings is 2. The molecule has 0 radical (unpaired) electrons. The van der Waals surface area contributed by atoms with Gasteiger partial charge < -0.3 is 43.2 Å². The Morgan fingerprint density at radius 3 is 1.33 bits per heavy atom. The summed E-state index contributed by atoms with van der Waals surface area (Å²) in [7, 11) is 9.38. The van der Waals surface area contributed by atoms with Crippen LogP contribution in [-0.2, 0) is 19.2 Å². The van der Waals surface area contributed by atoms with Crippen molar-refractivity contribution < 1.29 is 57.4 Å². The van der Waals surface area contributed by atoms with Gasteiger partial charge in [0.1, 0.15) is 11.5 Å². The maximum Gasteiger partial charge on any atom is 0.233 e. The molecule has 0 aliphatic carbocycles. The molecular formula is C50H53ClN4O12. The number of hydrogen-bond acceptors (Lipinski definition) is 14. The lowest BCUT2D eigenvalue weighted by atomic mass is 10.0. The number of phenols is 1. The number of nitrogens with zero attached hydrogens (tertiary/aromatic N) is 4. The Morgan fingerprint density at radius 1 is 0.552 bits per heavy atom. The first-order valence-corrected chi connectivity index (χ1v) is 21.4. The molecule has 1 N–H and O–H groups in total. The summed E-state index contributed by atoms with van der Waals surface area (Å²) in [5, 5.41) is 11.7. The second-order valence-corrected chi connectivity index (χ2v) is 16.5. The van der Waals surface area contributed by atoms with Gasteiger partial charge in [-0.25, -0.2) is 0 Å².